The van der Waals surface area contributed by atoms with E-state index in [0.29, 0.717) is 0 Å². The summed E-state index contributed by atoms with van der Waals surface area (Å²) in [6.45, 7) is 2.11. The van der Waals surface area contributed by atoms with Gasteiger partial charge in [0.2, 0.25) is 0 Å². The molecular formula is C15H13N2O2-. The topological polar surface area (TPSA) is 58.9 Å². The number of fused-ring (bicyclic) bond motifs is 1. The molecule has 0 fully saturated rings. The van der Waals surface area contributed by atoms with Gasteiger partial charge in [0, 0.05) is 29.2 Å². The Morgan fingerprint density at radius 2 is 2.21 bits per heavy atom. The van der Waals surface area contributed by atoms with E-state index >= 15 is 0 Å². The van der Waals surface area contributed by atoms with Crippen LogP contribution in [0.15, 0.2) is 48.7 Å². The van der Waals surface area contributed by atoms with Crippen LogP contribution in [0, 0.1) is 10.1 Å². The Morgan fingerprint density at radius 1 is 1.37 bits per heavy atom. The highest BCUT2D eigenvalue weighted by Crippen LogP contribution is 2.32. The van der Waals surface area contributed by atoms with Crippen LogP contribution < -0.4 is 0 Å². The number of nitro benzene ring substituents is 1. The molecule has 0 amide bonds. The van der Waals surface area contributed by atoms with Crippen molar-refractivity contribution in [2.45, 2.75) is 12.8 Å². The minimum atomic E-state index is -0.358. The molecule has 96 valence electrons. The van der Waals surface area contributed by atoms with Crippen molar-refractivity contribution in [2.75, 3.05) is 0 Å². The van der Waals surface area contributed by atoms with Crippen molar-refractivity contribution in [3.05, 3.63) is 69.9 Å². The lowest BCUT2D eigenvalue weighted by Crippen LogP contribution is -1.93. The highest BCUT2D eigenvalue weighted by atomic mass is 16.6. The van der Waals surface area contributed by atoms with Gasteiger partial charge in [-0.3, -0.25) is 10.1 Å². The molecule has 0 aliphatic carbocycles. The van der Waals surface area contributed by atoms with Crippen molar-refractivity contribution in [1.29, 1.82) is 0 Å². The van der Waals surface area contributed by atoms with Crippen molar-refractivity contribution in [3.63, 3.8) is 0 Å². The number of nitrogens with zero attached hydrogens (tertiary/aromatic N) is 1. The number of H-pyrrole nitrogens is 1. The van der Waals surface area contributed by atoms with Gasteiger partial charge < -0.3 is 4.98 Å². The second-order valence-electron chi connectivity index (χ2n) is 4.67. The zero-order chi connectivity index (χ0) is 13.4. The molecule has 1 heterocycles. The summed E-state index contributed by atoms with van der Waals surface area (Å²) in [5, 5.41) is 11.8. The van der Waals surface area contributed by atoms with E-state index in [4.69, 9.17) is 0 Å². The van der Waals surface area contributed by atoms with E-state index in [9.17, 15) is 10.1 Å². The maximum Gasteiger partial charge on any atom is 0.270 e. The van der Waals surface area contributed by atoms with Crippen molar-refractivity contribution < 1.29 is 4.92 Å². The summed E-state index contributed by atoms with van der Waals surface area (Å²) in [5.41, 5.74) is 3.36. The maximum atomic E-state index is 10.9. The molecule has 0 radical (unpaired) electrons. The second kappa shape index (κ2) is 4.31. The van der Waals surface area contributed by atoms with Crippen LogP contribution in [0.25, 0.3) is 10.9 Å². The van der Waals surface area contributed by atoms with Gasteiger partial charge >= 0.3 is 0 Å². The average molecular weight is 253 g/mol. The third-order valence-electron chi connectivity index (χ3n) is 3.56. The van der Waals surface area contributed by atoms with E-state index in [1.807, 2.05) is 18.3 Å². The monoisotopic (exact) mass is 253 g/mol. The Labute approximate surface area is 110 Å². The van der Waals surface area contributed by atoms with Crippen molar-refractivity contribution in [2.24, 2.45) is 0 Å². The summed E-state index contributed by atoms with van der Waals surface area (Å²) >= 11 is 0. The first-order chi connectivity index (χ1) is 9.16. The summed E-state index contributed by atoms with van der Waals surface area (Å²) < 4.78 is 0. The fourth-order valence-electron chi connectivity index (χ4n) is 2.46. The lowest BCUT2D eigenvalue weighted by atomic mass is 9.94. The number of aromatic nitrogens is 1. The summed E-state index contributed by atoms with van der Waals surface area (Å²) in [5.74, 6) is 0.214. The predicted molar refractivity (Wildman–Crippen MR) is 74.5 cm³/mol. The molecule has 0 bridgehead atoms. The molecule has 0 spiro atoms. The van der Waals surface area contributed by atoms with Crippen LogP contribution in [0.5, 0.6) is 0 Å². The second-order valence-corrected chi connectivity index (χ2v) is 4.67. The van der Waals surface area contributed by atoms with Crippen molar-refractivity contribution in [3.8, 4) is 0 Å². The molecule has 3 aromatic rings. The first kappa shape index (κ1) is 11.6. The third-order valence-corrected chi connectivity index (χ3v) is 3.56. The van der Waals surface area contributed by atoms with Gasteiger partial charge in [0.25, 0.3) is 5.69 Å². The van der Waals surface area contributed by atoms with Gasteiger partial charge in [-0.2, -0.15) is 23.8 Å². The van der Waals surface area contributed by atoms with E-state index in [0.717, 1.165) is 16.5 Å². The van der Waals surface area contributed by atoms with Gasteiger partial charge in [-0.15, -0.1) is 0 Å². The largest absolute Gasteiger partial charge is 0.361 e. The lowest BCUT2D eigenvalue weighted by Gasteiger charge is -2.14. The Balaban J connectivity index is 2.13. The number of rotatable bonds is 3. The number of hydrogen-bond donors (Lipinski definition) is 1. The van der Waals surface area contributed by atoms with E-state index in [1.165, 1.54) is 11.6 Å². The summed E-state index contributed by atoms with van der Waals surface area (Å²) in [7, 11) is 0. The standard InChI is InChI=1S/C15H13N2O2/c1-10(11-4-2-3-5-11)14-9-16-15-7-6-12(17(18)19)8-13(14)15/h2-10,16H,1H3/q-1. The van der Waals surface area contributed by atoms with Crippen molar-refractivity contribution in [1.82, 2.24) is 4.98 Å². The molecule has 1 aromatic heterocycles. The Bertz CT molecular complexity index is 726. The number of benzene rings is 1. The minimum absolute atomic E-state index is 0.128. The first-order valence-electron chi connectivity index (χ1n) is 6.14. The highest BCUT2D eigenvalue weighted by Gasteiger charge is 2.13. The van der Waals surface area contributed by atoms with Gasteiger partial charge in [0.05, 0.1) is 4.92 Å². The van der Waals surface area contributed by atoms with Crippen LogP contribution in [0.4, 0.5) is 5.69 Å². The molecule has 19 heavy (non-hydrogen) atoms. The molecule has 3 rings (SSSR count). The molecule has 1 unspecified atom stereocenters. The maximum absolute atomic E-state index is 10.9. The number of hydrogen-bond acceptors (Lipinski definition) is 2. The first-order valence-corrected chi connectivity index (χ1v) is 6.14. The molecule has 0 aliphatic rings. The zero-order valence-corrected chi connectivity index (χ0v) is 10.5. The summed E-state index contributed by atoms with van der Waals surface area (Å²) in [6.07, 6.45) is 1.94. The molecule has 0 aliphatic heterocycles. The molecule has 4 heteroatoms. The smallest absolute Gasteiger partial charge is 0.270 e. The Morgan fingerprint density at radius 3 is 2.89 bits per heavy atom. The lowest BCUT2D eigenvalue weighted by molar-refractivity contribution is -0.384. The zero-order valence-electron chi connectivity index (χ0n) is 10.5. The predicted octanol–water partition coefficient (Wildman–Crippen LogP) is 3.95. The van der Waals surface area contributed by atoms with Crippen LogP contribution in [-0.4, -0.2) is 9.91 Å². The van der Waals surface area contributed by atoms with Gasteiger partial charge in [-0.1, -0.05) is 6.92 Å². The molecule has 4 nitrogen and oxygen atoms in total. The van der Waals surface area contributed by atoms with Gasteiger partial charge in [-0.05, 0) is 17.5 Å². The summed E-state index contributed by atoms with van der Waals surface area (Å²) in [6, 6.07) is 13.1. The normalized spacial score (nSPS) is 12.7. The Hall–Kier alpha value is -2.49. The average Bonchev–Trinajstić information content (AvgIpc) is 3.06. The molecular weight excluding hydrogens is 240 g/mol. The minimum Gasteiger partial charge on any atom is -0.361 e. The molecule has 0 saturated carbocycles. The van der Waals surface area contributed by atoms with E-state index < -0.39 is 0 Å². The van der Waals surface area contributed by atoms with Crippen LogP contribution in [0.3, 0.4) is 0 Å². The number of nitro groups is 1. The molecule has 2 aromatic carbocycles. The van der Waals surface area contributed by atoms with Gasteiger partial charge in [0.15, 0.2) is 0 Å². The van der Waals surface area contributed by atoms with Crippen LogP contribution in [0.1, 0.15) is 24.0 Å². The van der Waals surface area contributed by atoms with E-state index in [-0.39, 0.29) is 16.5 Å². The van der Waals surface area contributed by atoms with Crippen LogP contribution in [-0.2, 0) is 0 Å². The highest BCUT2D eigenvalue weighted by molar-refractivity contribution is 5.86. The van der Waals surface area contributed by atoms with Crippen LogP contribution in [0.2, 0.25) is 0 Å². The van der Waals surface area contributed by atoms with Gasteiger partial charge in [0.1, 0.15) is 0 Å². The summed E-state index contributed by atoms with van der Waals surface area (Å²) in [4.78, 5) is 13.7. The number of non-ortho nitro benzene ring substituents is 1. The number of aromatic amines is 1. The van der Waals surface area contributed by atoms with E-state index in [2.05, 4.69) is 24.0 Å². The molecule has 1 atom stereocenters. The van der Waals surface area contributed by atoms with E-state index in [1.54, 1.807) is 12.1 Å². The Kier molecular flexibility index (Phi) is 2.63. The fraction of sp³-hybridized carbons (Fsp3) is 0.133. The number of nitrogens with one attached hydrogen (secondary N) is 1. The van der Waals surface area contributed by atoms with Crippen molar-refractivity contribution >= 4 is 16.6 Å². The molecule has 0 saturated heterocycles. The van der Waals surface area contributed by atoms with Gasteiger partial charge in [-0.25, -0.2) is 6.07 Å². The fourth-order valence-corrected chi connectivity index (χ4v) is 2.46. The molecule has 1 N–H and O–H groups in total. The SMILES string of the molecule is CC(c1cc[cH-]c1)c1c[nH]c2ccc([N+](=O)[O-])cc12. The van der Waals surface area contributed by atoms with Crippen LogP contribution >= 0.6 is 0 Å². The quantitative estimate of drug-likeness (QED) is 0.436. The third kappa shape index (κ3) is 1.91.